The van der Waals surface area contributed by atoms with Gasteiger partial charge in [-0.15, -0.1) is 0 Å². The van der Waals surface area contributed by atoms with Crippen LogP contribution in [0, 0.1) is 0 Å². The van der Waals surface area contributed by atoms with E-state index in [0.29, 0.717) is 37.2 Å². The van der Waals surface area contributed by atoms with Crippen molar-refractivity contribution in [3.63, 3.8) is 0 Å². The third-order valence-electron chi connectivity index (χ3n) is 4.86. The van der Waals surface area contributed by atoms with Crippen molar-refractivity contribution in [2.75, 3.05) is 20.2 Å². The Morgan fingerprint density at radius 3 is 2.18 bits per heavy atom. The fraction of sp³-hybridized carbons (Fsp3) is 0.286. The highest BCUT2D eigenvalue weighted by Gasteiger charge is 2.27. The van der Waals surface area contributed by atoms with E-state index < -0.39 is 5.97 Å². The van der Waals surface area contributed by atoms with Gasteiger partial charge in [-0.1, -0.05) is 12.1 Å². The van der Waals surface area contributed by atoms with Gasteiger partial charge in [0.2, 0.25) is 0 Å². The fourth-order valence-corrected chi connectivity index (χ4v) is 3.26. The van der Waals surface area contributed by atoms with Crippen molar-refractivity contribution >= 4 is 17.8 Å². The number of rotatable bonds is 5. The summed E-state index contributed by atoms with van der Waals surface area (Å²) in [6.45, 7) is 0.917. The molecular weight excluding hydrogens is 360 g/mol. The van der Waals surface area contributed by atoms with Crippen LogP contribution >= 0.6 is 0 Å². The van der Waals surface area contributed by atoms with Gasteiger partial charge in [-0.05, 0) is 49.2 Å². The lowest BCUT2D eigenvalue weighted by atomic mass is 10.0. The number of hydrogen-bond acceptors (Lipinski definition) is 4. The van der Waals surface area contributed by atoms with E-state index in [0.717, 1.165) is 0 Å². The Labute approximate surface area is 162 Å². The van der Waals surface area contributed by atoms with Crippen molar-refractivity contribution < 1.29 is 24.2 Å². The number of ether oxygens (including phenoxy) is 1. The number of aromatic carboxylic acids is 1. The number of carboxylic acids is 1. The van der Waals surface area contributed by atoms with Gasteiger partial charge in [0, 0.05) is 24.7 Å². The van der Waals surface area contributed by atoms with Crippen LogP contribution in [0.15, 0.2) is 48.5 Å². The summed E-state index contributed by atoms with van der Waals surface area (Å²) in [5.41, 5.74) is 0.743. The van der Waals surface area contributed by atoms with E-state index in [9.17, 15) is 19.5 Å². The number of amides is 2. The van der Waals surface area contributed by atoms with Crippen LogP contribution < -0.4 is 10.1 Å². The van der Waals surface area contributed by atoms with Crippen LogP contribution in [0.25, 0.3) is 0 Å². The molecule has 3 rings (SSSR count). The number of nitrogens with zero attached hydrogens (tertiary/aromatic N) is 1. The molecule has 0 bridgehead atoms. The molecule has 2 aromatic carbocycles. The van der Waals surface area contributed by atoms with E-state index in [2.05, 4.69) is 5.32 Å². The molecule has 7 heteroatoms. The summed E-state index contributed by atoms with van der Waals surface area (Å²) in [5, 5.41) is 12.3. The van der Waals surface area contributed by atoms with E-state index in [-0.39, 0.29) is 29.0 Å². The molecule has 7 nitrogen and oxygen atoms in total. The summed E-state index contributed by atoms with van der Waals surface area (Å²) < 4.78 is 5.09. The zero-order valence-electron chi connectivity index (χ0n) is 15.6. The topological polar surface area (TPSA) is 95.9 Å². The van der Waals surface area contributed by atoms with Crippen molar-refractivity contribution in [1.29, 1.82) is 0 Å². The predicted molar refractivity (Wildman–Crippen MR) is 103 cm³/mol. The summed E-state index contributed by atoms with van der Waals surface area (Å²) in [5.74, 6) is -0.891. The number of carboxylic acid groups (broad SMARTS) is 1. The van der Waals surface area contributed by atoms with Crippen LogP contribution in [0.4, 0.5) is 0 Å². The van der Waals surface area contributed by atoms with Crippen molar-refractivity contribution in [1.82, 2.24) is 10.2 Å². The van der Waals surface area contributed by atoms with E-state index in [1.807, 2.05) is 0 Å². The number of hydrogen-bond donors (Lipinski definition) is 2. The molecule has 0 aliphatic carbocycles. The summed E-state index contributed by atoms with van der Waals surface area (Å²) in [4.78, 5) is 38.0. The maximum absolute atomic E-state index is 12.7. The Bertz CT molecular complexity index is 871. The molecule has 2 amide bonds. The number of carbonyl (C=O) groups excluding carboxylic acids is 2. The molecule has 146 valence electrons. The van der Waals surface area contributed by atoms with Gasteiger partial charge in [0.15, 0.2) is 0 Å². The normalized spacial score (nSPS) is 14.4. The second-order valence-corrected chi connectivity index (χ2v) is 6.62. The monoisotopic (exact) mass is 382 g/mol. The van der Waals surface area contributed by atoms with Crippen molar-refractivity contribution in [2.45, 2.75) is 18.9 Å². The lowest BCUT2D eigenvalue weighted by molar-refractivity contribution is 0.0654. The highest BCUT2D eigenvalue weighted by Crippen LogP contribution is 2.18. The van der Waals surface area contributed by atoms with Gasteiger partial charge in [0.1, 0.15) is 5.75 Å². The van der Waals surface area contributed by atoms with Gasteiger partial charge in [-0.2, -0.15) is 0 Å². The molecule has 0 spiro atoms. The molecule has 0 aromatic heterocycles. The van der Waals surface area contributed by atoms with Gasteiger partial charge in [0.25, 0.3) is 11.8 Å². The lowest BCUT2D eigenvalue weighted by Gasteiger charge is -2.32. The number of nitrogens with one attached hydrogen (secondary N) is 1. The molecule has 0 unspecified atom stereocenters. The van der Waals surface area contributed by atoms with E-state index in [1.165, 1.54) is 12.1 Å². The molecule has 0 radical (unpaired) electrons. The molecular formula is C21H22N2O5. The van der Waals surface area contributed by atoms with Crippen LogP contribution in [0.1, 0.15) is 43.9 Å². The summed E-state index contributed by atoms with van der Waals surface area (Å²) in [7, 11) is 1.57. The highest BCUT2D eigenvalue weighted by atomic mass is 16.5. The smallest absolute Gasteiger partial charge is 0.336 e. The molecule has 1 saturated heterocycles. The first-order valence-electron chi connectivity index (χ1n) is 9.06. The van der Waals surface area contributed by atoms with Gasteiger partial charge < -0.3 is 20.1 Å². The largest absolute Gasteiger partial charge is 0.497 e. The van der Waals surface area contributed by atoms with Gasteiger partial charge >= 0.3 is 5.97 Å². The van der Waals surface area contributed by atoms with Crippen molar-refractivity contribution in [3.05, 3.63) is 65.2 Å². The molecule has 0 saturated carbocycles. The third-order valence-corrected chi connectivity index (χ3v) is 4.86. The number of piperidine rings is 1. The standard InChI is InChI=1S/C21H22N2O5/c1-28-16-8-6-14(7-9-16)19(24)22-15-10-12-23(13-11-15)20(25)17-4-2-3-5-18(17)21(26)27/h2-9,15H,10-13H2,1H3,(H,22,24)(H,26,27). The van der Waals surface area contributed by atoms with Crippen LogP contribution in [0.2, 0.25) is 0 Å². The quantitative estimate of drug-likeness (QED) is 0.828. The van der Waals surface area contributed by atoms with Crippen LogP contribution in [0.3, 0.4) is 0 Å². The second-order valence-electron chi connectivity index (χ2n) is 6.62. The zero-order chi connectivity index (χ0) is 20.1. The number of likely N-dealkylation sites (tertiary alicyclic amines) is 1. The van der Waals surface area contributed by atoms with Crippen LogP contribution in [-0.2, 0) is 0 Å². The first-order valence-corrected chi connectivity index (χ1v) is 9.06. The molecule has 2 N–H and O–H groups in total. The fourth-order valence-electron chi connectivity index (χ4n) is 3.26. The minimum absolute atomic E-state index is 0.00225. The van der Waals surface area contributed by atoms with Crippen molar-refractivity contribution in [3.8, 4) is 5.75 Å². The maximum Gasteiger partial charge on any atom is 0.336 e. The molecule has 1 aliphatic heterocycles. The van der Waals surface area contributed by atoms with Crippen LogP contribution in [-0.4, -0.2) is 54.0 Å². The lowest BCUT2D eigenvalue weighted by Crippen LogP contribution is -2.46. The minimum atomic E-state index is -1.12. The minimum Gasteiger partial charge on any atom is -0.497 e. The Morgan fingerprint density at radius 1 is 1.00 bits per heavy atom. The molecule has 0 atom stereocenters. The maximum atomic E-state index is 12.7. The first kappa shape index (κ1) is 19.4. The predicted octanol–water partition coefficient (Wildman–Crippen LogP) is 2.43. The van der Waals surface area contributed by atoms with Gasteiger partial charge in [-0.3, -0.25) is 9.59 Å². The van der Waals surface area contributed by atoms with E-state index in [1.54, 1.807) is 48.4 Å². The summed E-state index contributed by atoms with van der Waals surface area (Å²) >= 11 is 0. The molecule has 1 fully saturated rings. The molecule has 28 heavy (non-hydrogen) atoms. The average molecular weight is 382 g/mol. The average Bonchev–Trinajstić information content (AvgIpc) is 2.73. The Hall–Kier alpha value is -3.35. The molecule has 2 aromatic rings. The number of methoxy groups -OCH3 is 1. The van der Waals surface area contributed by atoms with E-state index in [4.69, 9.17) is 4.74 Å². The van der Waals surface area contributed by atoms with Gasteiger partial charge in [-0.25, -0.2) is 4.79 Å². The first-order chi connectivity index (χ1) is 13.5. The Morgan fingerprint density at radius 2 is 1.61 bits per heavy atom. The highest BCUT2D eigenvalue weighted by molar-refractivity contribution is 6.04. The molecule has 1 aliphatic rings. The molecule has 1 heterocycles. The number of carbonyl (C=O) groups is 3. The SMILES string of the molecule is COc1ccc(C(=O)NC2CCN(C(=O)c3ccccc3C(=O)O)CC2)cc1. The Balaban J connectivity index is 1.57. The van der Waals surface area contributed by atoms with E-state index >= 15 is 0 Å². The second kappa shape index (κ2) is 8.56. The number of benzene rings is 2. The summed E-state index contributed by atoms with van der Waals surface area (Å²) in [6.07, 6.45) is 1.23. The van der Waals surface area contributed by atoms with Crippen molar-refractivity contribution in [2.24, 2.45) is 0 Å². The zero-order valence-corrected chi connectivity index (χ0v) is 15.6. The summed E-state index contributed by atoms with van der Waals surface area (Å²) in [6, 6.07) is 13.1. The van der Waals surface area contributed by atoms with Crippen LogP contribution in [0.5, 0.6) is 5.75 Å². The third kappa shape index (κ3) is 4.31. The Kier molecular flexibility index (Phi) is 5.93. The van der Waals surface area contributed by atoms with Gasteiger partial charge in [0.05, 0.1) is 18.2 Å².